The average Bonchev–Trinajstić information content (AvgIpc) is 2.64. The second-order valence-corrected chi connectivity index (χ2v) is 8.07. The Morgan fingerprint density at radius 1 is 1.12 bits per heavy atom. The molecule has 0 fully saturated rings. The number of carbonyl (C=O) groups excluding carboxylic acids is 2. The first-order chi connectivity index (χ1) is 12.3. The minimum Gasteiger partial charge on any atom is -0.452 e. The van der Waals surface area contributed by atoms with Gasteiger partial charge in [-0.3, -0.25) is 4.79 Å². The molecule has 8 heteroatoms. The number of rotatable bonds is 7. The number of halogens is 1. The smallest absolute Gasteiger partial charge is 0.339 e. The first-order valence-electron chi connectivity index (χ1n) is 7.83. The SMILES string of the molecule is CCS(=O)(=O)c1ccccc1C(=O)OCC(=O)NCc1cccc(Cl)c1. The van der Waals surface area contributed by atoms with Gasteiger partial charge in [0.1, 0.15) is 0 Å². The van der Waals surface area contributed by atoms with E-state index in [-0.39, 0.29) is 22.8 Å². The summed E-state index contributed by atoms with van der Waals surface area (Å²) in [5.74, 6) is -1.51. The maximum absolute atomic E-state index is 12.2. The molecule has 2 aromatic carbocycles. The summed E-state index contributed by atoms with van der Waals surface area (Å²) >= 11 is 5.86. The molecule has 0 radical (unpaired) electrons. The molecule has 0 heterocycles. The highest BCUT2D eigenvalue weighted by atomic mass is 35.5. The molecule has 26 heavy (non-hydrogen) atoms. The maximum Gasteiger partial charge on any atom is 0.339 e. The molecule has 0 spiro atoms. The third-order valence-electron chi connectivity index (χ3n) is 3.54. The normalized spacial score (nSPS) is 11.0. The van der Waals surface area contributed by atoms with Crippen molar-refractivity contribution in [2.75, 3.05) is 12.4 Å². The van der Waals surface area contributed by atoms with E-state index in [9.17, 15) is 18.0 Å². The molecule has 1 amide bonds. The van der Waals surface area contributed by atoms with E-state index in [1.165, 1.54) is 31.2 Å². The zero-order valence-corrected chi connectivity index (χ0v) is 15.6. The number of amides is 1. The van der Waals surface area contributed by atoms with Crippen LogP contribution in [-0.2, 0) is 25.9 Å². The van der Waals surface area contributed by atoms with Crippen LogP contribution in [0.25, 0.3) is 0 Å². The summed E-state index contributed by atoms with van der Waals surface area (Å²) in [6.07, 6.45) is 0. The molecule has 0 aliphatic rings. The minimum atomic E-state index is -3.58. The number of carbonyl (C=O) groups is 2. The van der Waals surface area contributed by atoms with Crippen molar-refractivity contribution in [2.45, 2.75) is 18.4 Å². The van der Waals surface area contributed by atoms with Crippen LogP contribution in [0.1, 0.15) is 22.8 Å². The molecule has 2 aromatic rings. The van der Waals surface area contributed by atoms with Gasteiger partial charge in [0, 0.05) is 11.6 Å². The van der Waals surface area contributed by atoms with Crippen LogP contribution in [0.2, 0.25) is 5.02 Å². The number of nitrogens with one attached hydrogen (secondary N) is 1. The Morgan fingerprint density at radius 2 is 1.85 bits per heavy atom. The standard InChI is InChI=1S/C18H18ClNO5S/c1-2-26(23,24)16-9-4-3-8-15(16)18(22)25-12-17(21)20-11-13-6-5-7-14(19)10-13/h3-10H,2,11-12H2,1H3,(H,20,21). The highest BCUT2D eigenvalue weighted by Crippen LogP contribution is 2.18. The Kier molecular flexibility index (Phi) is 6.76. The molecule has 138 valence electrons. The van der Waals surface area contributed by atoms with E-state index in [1.807, 2.05) is 0 Å². The Hall–Kier alpha value is -2.38. The van der Waals surface area contributed by atoms with Gasteiger partial charge < -0.3 is 10.1 Å². The molecule has 2 rings (SSSR count). The monoisotopic (exact) mass is 395 g/mol. The molecular weight excluding hydrogens is 378 g/mol. The molecule has 0 saturated heterocycles. The van der Waals surface area contributed by atoms with Gasteiger partial charge in [-0.2, -0.15) is 0 Å². The van der Waals surface area contributed by atoms with E-state index in [1.54, 1.807) is 24.3 Å². The first-order valence-corrected chi connectivity index (χ1v) is 9.86. The number of ether oxygens (including phenoxy) is 1. The van der Waals surface area contributed by atoms with Gasteiger partial charge in [0.25, 0.3) is 5.91 Å². The van der Waals surface area contributed by atoms with Gasteiger partial charge >= 0.3 is 5.97 Å². The van der Waals surface area contributed by atoms with Crippen molar-refractivity contribution >= 4 is 33.3 Å². The summed E-state index contributed by atoms with van der Waals surface area (Å²) in [4.78, 5) is 23.9. The summed E-state index contributed by atoms with van der Waals surface area (Å²) in [5, 5.41) is 3.15. The van der Waals surface area contributed by atoms with Crippen molar-refractivity contribution in [1.29, 1.82) is 0 Å². The number of hydrogen-bond acceptors (Lipinski definition) is 5. The summed E-state index contributed by atoms with van der Waals surface area (Å²) in [6.45, 7) is 1.21. The third kappa shape index (κ3) is 5.31. The highest BCUT2D eigenvalue weighted by molar-refractivity contribution is 7.91. The molecular formula is C18H18ClNO5S. The van der Waals surface area contributed by atoms with E-state index in [4.69, 9.17) is 16.3 Å². The van der Waals surface area contributed by atoms with Crippen LogP contribution in [0.3, 0.4) is 0 Å². The van der Waals surface area contributed by atoms with Gasteiger partial charge in [-0.15, -0.1) is 0 Å². The van der Waals surface area contributed by atoms with Crippen LogP contribution in [0, 0.1) is 0 Å². The van der Waals surface area contributed by atoms with E-state index in [2.05, 4.69) is 5.32 Å². The summed E-state index contributed by atoms with van der Waals surface area (Å²) in [6, 6.07) is 12.7. The van der Waals surface area contributed by atoms with Gasteiger partial charge in [0.05, 0.1) is 16.2 Å². The molecule has 6 nitrogen and oxygen atoms in total. The molecule has 0 aliphatic carbocycles. The highest BCUT2D eigenvalue weighted by Gasteiger charge is 2.22. The predicted molar refractivity (Wildman–Crippen MR) is 97.8 cm³/mol. The van der Waals surface area contributed by atoms with Crippen LogP contribution in [0.5, 0.6) is 0 Å². The Balaban J connectivity index is 1.96. The number of esters is 1. The molecule has 0 saturated carbocycles. The lowest BCUT2D eigenvalue weighted by Crippen LogP contribution is -2.28. The molecule has 1 N–H and O–H groups in total. The topological polar surface area (TPSA) is 89.5 Å². The van der Waals surface area contributed by atoms with Gasteiger partial charge in [-0.1, -0.05) is 42.8 Å². The second-order valence-electron chi connectivity index (χ2n) is 5.38. The number of benzene rings is 2. The van der Waals surface area contributed by atoms with Crippen molar-refractivity contribution in [2.24, 2.45) is 0 Å². The van der Waals surface area contributed by atoms with Crippen molar-refractivity contribution in [3.8, 4) is 0 Å². The van der Waals surface area contributed by atoms with Crippen molar-refractivity contribution in [3.63, 3.8) is 0 Å². The van der Waals surface area contributed by atoms with Crippen molar-refractivity contribution in [1.82, 2.24) is 5.32 Å². The zero-order valence-electron chi connectivity index (χ0n) is 14.1. The molecule has 0 atom stereocenters. The van der Waals surface area contributed by atoms with Crippen molar-refractivity contribution in [3.05, 3.63) is 64.7 Å². The minimum absolute atomic E-state index is 0.0861. The summed E-state index contributed by atoms with van der Waals surface area (Å²) in [5.41, 5.74) is 0.716. The average molecular weight is 396 g/mol. The van der Waals surface area contributed by atoms with Gasteiger partial charge in [0.15, 0.2) is 16.4 Å². The second kappa shape index (κ2) is 8.82. The fraction of sp³-hybridized carbons (Fsp3) is 0.222. The lowest BCUT2D eigenvalue weighted by Gasteiger charge is -2.10. The largest absolute Gasteiger partial charge is 0.452 e. The van der Waals surface area contributed by atoms with Crippen LogP contribution < -0.4 is 5.32 Å². The van der Waals surface area contributed by atoms with E-state index >= 15 is 0 Å². The quantitative estimate of drug-likeness (QED) is 0.728. The third-order valence-corrected chi connectivity index (χ3v) is 5.56. The Labute approximate surface area is 157 Å². The van der Waals surface area contributed by atoms with Crippen LogP contribution in [0.15, 0.2) is 53.4 Å². The summed E-state index contributed by atoms with van der Waals surface area (Å²) < 4.78 is 29.0. The van der Waals surface area contributed by atoms with Gasteiger partial charge in [-0.25, -0.2) is 13.2 Å². The van der Waals surface area contributed by atoms with Crippen LogP contribution in [0.4, 0.5) is 0 Å². The summed E-state index contributed by atoms with van der Waals surface area (Å²) in [7, 11) is -3.58. The Morgan fingerprint density at radius 3 is 2.54 bits per heavy atom. The predicted octanol–water partition coefficient (Wildman–Crippen LogP) is 2.61. The fourth-order valence-corrected chi connectivity index (χ4v) is 3.47. The lowest BCUT2D eigenvalue weighted by atomic mass is 10.2. The lowest BCUT2D eigenvalue weighted by molar-refractivity contribution is -0.124. The van der Waals surface area contributed by atoms with E-state index < -0.39 is 28.3 Å². The number of sulfone groups is 1. The Bertz CT molecular complexity index is 911. The fourth-order valence-electron chi connectivity index (χ4n) is 2.17. The van der Waals surface area contributed by atoms with Gasteiger partial charge in [-0.05, 0) is 29.8 Å². The molecule has 0 aromatic heterocycles. The number of hydrogen-bond donors (Lipinski definition) is 1. The van der Waals surface area contributed by atoms with Crippen molar-refractivity contribution < 1.29 is 22.7 Å². The van der Waals surface area contributed by atoms with Crippen LogP contribution in [-0.4, -0.2) is 32.7 Å². The maximum atomic E-state index is 12.2. The molecule has 0 bridgehead atoms. The van der Waals surface area contributed by atoms with Crippen LogP contribution >= 0.6 is 11.6 Å². The molecule has 0 unspecified atom stereocenters. The molecule has 0 aliphatic heterocycles. The van der Waals surface area contributed by atoms with Gasteiger partial charge in [0.2, 0.25) is 0 Å². The zero-order chi connectivity index (χ0) is 19.2. The van der Waals surface area contributed by atoms with E-state index in [0.717, 1.165) is 5.56 Å². The van der Waals surface area contributed by atoms with E-state index in [0.29, 0.717) is 5.02 Å². The first kappa shape index (κ1) is 19.9.